The van der Waals surface area contributed by atoms with E-state index in [2.05, 4.69) is 28.4 Å². The van der Waals surface area contributed by atoms with E-state index in [-0.39, 0.29) is 11.8 Å². The topological polar surface area (TPSA) is 79.1 Å². The highest BCUT2D eigenvalue weighted by Crippen LogP contribution is 2.28. The lowest BCUT2D eigenvalue weighted by atomic mass is 9.99. The minimum atomic E-state index is -0.0397. The summed E-state index contributed by atoms with van der Waals surface area (Å²) in [5.41, 5.74) is 5.10. The zero-order valence-corrected chi connectivity index (χ0v) is 17.8. The number of amides is 1. The first-order chi connectivity index (χ1) is 15.1. The highest BCUT2D eigenvalue weighted by atomic mass is 16.5. The average molecular weight is 412 g/mol. The fourth-order valence-electron chi connectivity index (χ4n) is 4.00. The molecular formula is C25H24N4O2. The van der Waals surface area contributed by atoms with E-state index in [9.17, 15) is 10.1 Å². The van der Waals surface area contributed by atoms with Gasteiger partial charge in [-0.15, -0.1) is 5.10 Å². The van der Waals surface area contributed by atoms with Crippen molar-refractivity contribution in [2.75, 3.05) is 6.54 Å². The Hall–Kier alpha value is -3.72. The van der Waals surface area contributed by atoms with Crippen LogP contribution in [0.1, 0.15) is 52.2 Å². The number of hydrogen-bond donors (Lipinski definition) is 0. The molecule has 0 saturated carbocycles. The number of fused-ring (bicyclic) bond motifs is 1. The molecular weight excluding hydrogens is 388 g/mol. The van der Waals surface area contributed by atoms with E-state index >= 15 is 0 Å². The maximum atomic E-state index is 13.1. The zero-order chi connectivity index (χ0) is 21.8. The van der Waals surface area contributed by atoms with Crippen LogP contribution in [-0.4, -0.2) is 27.5 Å². The fourth-order valence-corrected chi connectivity index (χ4v) is 4.00. The molecule has 6 heteroatoms. The normalized spacial score (nSPS) is 12.7. The lowest BCUT2D eigenvalue weighted by molar-refractivity contribution is 0.0734. The summed E-state index contributed by atoms with van der Waals surface area (Å²) in [6, 6.07) is 17.4. The first-order valence-corrected chi connectivity index (χ1v) is 10.6. The number of hydrogen-bond acceptors (Lipinski definition) is 5. The van der Waals surface area contributed by atoms with Gasteiger partial charge in [0.2, 0.25) is 0 Å². The molecule has 1 aromatic heterocycles. The van der Waals surface area contributed by atoms with Crippen molar-refractivity contribution < 1.29 is 9.53 Å². The molecule has 1 amide bonds. The molecule has 0 bridgehead atoms. The van der Waals surface area contributed by atoms with Gasteiger partial charge in [0, 0.05) is 18.7 Å². The predicted molar refractivity (Wildman–Crippen MR) is 117 cm³/mol. The molecule has 3 aromatic rings. The van der Waals surface area contributed by atoms with E-state index in [1.165, 1.54) is 11.1 Å². The molecule has 0 fully saturated rings. The maximum Gasteiger partial charge on any atom is 0.257 e. The van der Waals surface area contributed by atoms with Gasteiger partial charge < -0.3 is 9.64 Å². The van der Waals surface area contributed by atoms with Gasteiger partial charge in [-0.05, 0) is 54.2 Å². The van der Waals surface area contributed by atoms with Crippen LogP contribution in [0.4, 0.5) is 0 Å². The lowest BCUT2D eigenvalue weighted by Crippen LogP contribution is -2.35. The molecule has 2 heterocycles. The molecule has 1 aliphatic heterocycles. The van der Waals surface area contributed by atoms with Gasteiger partial charge in [-0.3, -0.25) is 4.79 Å². The van der Waals surface area contributed by atoms with Crippen LogP contribution in [0.2, 0.25) is 0 Å². The Morgan fingerprint density at radius 3 is 2.65 bits per heavy atom. The van der Waals surface area contributed by atoms with Crippen molar-refractivity contribution in [1.82, 2.24) is 15.1 Å². The molecule has 1 aliphatic rings. The number of carbonyl (C=O) groups is 1. The number of carbonyl (C=O) groups excluding carboxylic acids is 1. The quantitative estimate of drug-likeness (QED) is 0.618. The predicted octanol–water partition coefficient (Wildman–Crippen LogP) is 4.46. The van der Waals surface area contributed by atoms with Crippen molar-refractivity contribution in [3.63, 3.8) is 0 Å². The summed E-state index contributed by atoms with van der Waals surface area (Å²) < 4.78 is 5.91. The number of nitrogens with zero attached hydrogens (tertiary/aromatic N) is 4. The van der Waals surface area contributed by atoms with Gasteiger partial charge in [0.15, 0.2) is 0 Å². The van der Waals surface area contributed by atoms with Crippen LogP contribution >= 0.6 is 0 Å². The summed E-state index contributed by atoms with van der Waals surface area (Å²) >= 11 is 0. The van der Waals surface area contributed by atoms with Gasteiger partial charge in [0.25, 0.3) is 11.8 Å². The molecule has 0 radical (unpaired) electrons. The summed E-state index contributed by atoms with van der Waals surface area (Å²) in [5.74, 6) is 0.593. The first kappa shape index (κ1) is 20.5. The van der Waals surface area contributed by atoms with Gasteiger partial charge in [-0.2, -0.15) is 10.4 Å². The first-order valence-electron chi connectivity index (χ1n) is 10.6. The largest absolute Gasteiger partial charge is 0.437 e. The summed E-state index contributed by atoms with van der Waals surface area (Å²) in [4.78, 5) is 15.0. The third-order valence-corrected chi connectivity index (χ3v) is 5.64. The van der Waals surface area contributed by atoms with Crippen molar-refractivity contribution in [2.24, 2.45) is 0 Å². The Bertz CT molecular complexity index is 1170. The second-order valence-corrected chi connectivity index (χ2v) is 7.50. The number of aromatic nitrogens is 2. The molecule has 0 N–H and O–H groups in total. The summed E-state index contributed by atoms with van der Waals surface area (Å²) in [7, 11) is 0. The van der Waals surface area contributed by atoms with Gasteiger partial charge in [-0.1, -0.05) is 44.2 Å². The van der Waals surface area contributed by atoms with E-state index in [0.29, 0.717) is 42.8 Å². The van der Waals surface area contributed by atoms with Crippen molar-refractivity contribution in [2.45, 2.75) is 39.7 Å². The van der Waals surface area contributed by atoms with E-state index in [1.807, 2.05) is 30.9 Å². The Labute approximate surface area is 182 Å². The Morgan fingerprint density at radius 2 is 1.90 bits per heavy atom. The maximum absolute atomic E-state index is 13.1. The molecule has 0 spiro atoms. The standard InChI is InChI=1S/C25H24N4O2/c1-3-21-22(15-26)24(28-27-23(21)4-2)31-20-11-7-10-18(14-20)25(30)29-13-12-17-8-5-6-9-19(17)16-29/h5-11,14H,3-4,12-13,16H2,1-2H3. The van der Waals surface area contributed by atoms with Crippen LogP contribution in [0.25, 0.3) is 0 Å². The van der Waals surface area contributed by atoms with E-state index in [0.717, 1.165) is 17.7 Å². The minimum Gasteiger partial charge on any atom is -0.437 e. The molecule has 31 heavy (non-hydrogen) atoms. The summed E-state index contributed by atoms with van der Waals surface area (Å²) in [5, 5.41) is 18.0. The Kier molecular flexibility index (Phi) is 5.94. The number of rotatable bonds is 5. The van der Waals surface area contributed by atoms with Gasteiger partial charge in [0.05, 0.1) is 5.69 Å². The van der Waals surface area contributed by atoms with Crippen LogP contribution in [0.3, 0.4) is 0 Å². The van der Waals surface area contributed by atoms with Gasteiger partial charge in [-0.25, -0.2) is 0 Å². The molecule has 0 aliphatic carbocycles. The third kappa shape index (κ3) is 4.13. The lowest BCUT2D eigenvalue weighted by Gasteiger charge is -2.29. The Morgan fingerprint density at radius 1 is 1.10 bits per heavy atom. The number of ether oxygens (including phenoxy) is 1. The van der Waals surface area contributed by atoms with Crippen LogP contribution < -0.4 is 4.74 Å². The van der Waals surface area contributed by atoms with E-state index in [4.69, 9.17) is 4.74 Å². The fraction of sp³-hybridized carbons (Fsp3) is 0.280. The molecule has 156 valence electrons. The van der Waals surface area contributed by atoms with Crippen molar-refractivity contribution >= 4 is 5.91 Å². The van der Waals surface area contributed by atoms with Crippen molar-refractivity contribution in [1.29, 1.82) is 5.26 Å². The smallest absolute Gasteiger partial charge is 0.257 e. The minimum absolute atomic E-state index is 0.0397. The van der Waals surface area contributed by atoms with Crippen molar-refractivity contribution in [3.8, 4) is 17.7 Å². The second kappa shape index (κ2) is 8.97. The summed E-state index contributed by atoms with van der Waals surface area (Å²) in [6.45, 7) is 5.25. The van der Waals surface area contributed by atoms with Gasteiger partial charge in [0.1, 0.15) is 17.4 Å². The van der Waals surface area contributed by atoms with Gasteiger partial charge >= 0.3 is 0 Å². The molecule has 0 atom stereocenters. The SMILES string of the molecule is CCc1nnc(Oc2cccc(C(=O)N3CCc4ccccc4C3)c2)c(C#N)c1CC. The highest BCUT2D eigenvalue weighted by Gasteiger charge is 2.22. The molecule has 6 nitrogen and oxygen atoms in total. The Balaban J connectivity index is 1.57. The van der Waals surface area contributed by atoms with E-state index in [1.54, 1.807) is 24.3 Å². The number of nitriles is 1. The van der Waals surface area contributed by atoms with Crippen LogP contribution in [0.5, 0.6) is 11.6 Å². The second-order valence-electron chi connectivity index (χ2n) is 7.50. The third-order valence-electron chi connectivity index (χ3n) is 5.64. The number of aryl methyl sites for hydroxylation is 1. The van der Waals surface area contributed by atoms with Crippen LogP contribution in [-0.2, 0) is 25.8 Å². The monoisotopic (exact) mass is 412 g/mol. The molecule has 2 aromatic carbocycles. The molecule has 4 rings (SSSR count). The zero-order valence-electron chi connectivity index (χ0n) is 17.8. The molecule has 0 saturated heterocycles. The summed E-state index contributed by atoms with van der Waals surface area (Å²) in [6.07, 6.45) is 2.23. The average Bonchev–Trinajstić information content (AvgIpc) is 2.83. The van der Waals surface area contributed by atoms with Crippen LogP contribution in [0.15, 0.2) is 48.5 Å². The van der Waals surface area contributed by atoms with Crippen LogP contribution in [0, 0.1) is 11.3 Å². The highest BCUT2D eigenvalue weighted by molar-refractivity contribution is 5.94. The van der Waals surface area contributed by atoms with Crippen molar-refractivity contribution in [3.05, 3.63) is 82.0 Å². The molecule has 0 unspecified atom stereocenters. The number of benzene rings is 2. The van der Waals surface area contributed by atoms with E-state index < -0.39 is 0 Å².